The van der Waals surface area contributed by atoms with Crippen LogP contribution >= 0.6 is 0 Å². The van der Waals surface area contributed by atoms with Gasteiger partial charge in [-0.1, -0.05) is 17.7 Å². The molecule has 6 nitrogen and oxygen atoms in total. The van der Waals surface area contributed by atoms with Gasteiger partial charge in [-0.2, -0.15) is 5.10 Å². The molecule has 134 valence electrons. The molecule has 0 spiro atoms. The number of hydrogen-bond acceptors (Lipinski definition) is 3. The molecule has 0 aliphatic heterocycles. The number of rotatable bonds is 3. The molecule has 1 aromatic carbocycles. The molecule has 26 heavy (non-hydrogen) atoms. The minimum atomic E-state index is -0.0391. The monoisotopic (exact) mass is 349 g/mol. The molecule has 2 aromatic heterocycles. The number of carbonyl (C=O) groups excluding carboxylic acids is 1. The molecular formula is C20H23N5O. The van der Waals surface area contributed by atoms with E-state index in [0.717, 1.165) is 36.3 Å². The van der Waals surface area contributed by atoms with Gasteiger partial charge in [0.1, 0.15) is 0 Å². The summed E-state index contributed by atoms with van der Waals surface area (Å²) < 4.78 is 3.74. The van der Waals surface area contributed by atoms with E-state index in [9.17, 15) is 4.79 Å². The maximum atomic E-state index is 12.7. The average Bonchev–Trinajstić information content (AvgIpc) is 3.18. The van der Waals surface area contributed by atoms with Crippen molar-refractivity contribution in [3.05, 3.63) is 59.0 Å². The molecule has 0 saturated carbocycles. The summed E-state index contributed by atoms with van der Waals surface area (Å²) in [6, 6.07) is 10.1. The Morgan fingerprint density at radius 1 is 1.23 bits per heavy atom. The highest BCUT2D eigenvalue weighted by atomic mass is 16.2. The summed E-state index contributed by atoms with van der Waals surface area (Å²) in [7, 11) is 1.94. The number of nitrogens with zero attached hydrogens (tertiary/aromatic N) is 4. The van der Waals surface area contributed by atoms with Crippen molar-refractivity contribution < 1.29 is 4.79 Å². The molecule has 1 amide bonds. The van der Waals surface area contributed by atoms with Crippen molar-refractivity contribution in [2.45, 2.75) is 33.1 Å². The van der Waals surface area contributed by atoms with Crippen LogP contribution < -0.4 is 5.32 Å². The molecule has 1 aliphatic rings. The molecular weight excluding hydrogens is 326 g/mol. The van der Waals surface area contributed by atoms with Gasteiger partial charge in [0.25, 0.3) is 0 Å². The fourth-order valence-electron chi connectivity index (χ4n) is 3.58. The van der Waals surface area contributed by atoms with Crippen LogP contribution in [0.5, 0.6) is 0 Å². The Morgan fingerprint density at radius 2 is 2.00 bits per heavy atom. The Hall–Kier alpha value is -2.89. The number of benzene rings is 1. The molecule has 0 fully saturated rings. The third-order valence-electron chi connectivity index (χ3n) is 5.14. The number of anilines is 1. The van der Waals surface area contributed by atoms with Gasteiger partial charge in [0, 0.05) is 36.8 Å². The first-order valence-electron chi connectivity index (χ1n) is 8.95. The lowest BCUT2D eigenvalue weighted by Crippen LogP contribution is -2.29. The third kappa shape index (κ3) is 3.03. The predicted octanol–water partition coefficient (Wildman–Crippen LogP) is 2.97. The Kier molecular flexibility index (Phi) is 4.11. The third-order valence-corrected chi connectivity index (χ3v) is 5.14. The Bertz CT molecular complexity index is 951. The van der Waals surface area contributed by atoms with Gasteiger partial charge >= 0.3 is 0 Å². The minimum Gasteiger partial charge on any atom is -0.309 e. The van der Waals surface area contributed by atoms with E-state index in [2.05, 4.69) is 34.6 Å². The van der Waals surface area contributed by atoms with Crippen molar-refractivity contribution in [1.82, 2.24) is 19.6 Å². The SMILES string of the molecule is Cc1ccc(-n2nc(NC(=O)C3CCc4cnn(C)c4C3)cc2C)cc1. The highest BCUT2D eigenvalue weighted by Crippen LogP contribution is 2.26. The second-order valence-electron chi connectivity index (χ2n) is 7.09. The van der Waals surface area contributed by atoms with Crippen LogP contribution in [0, 0.1) is 19.8 Å². The van der Waals surface area contributed by atoms with Gasteiger partial charge in [0.2, 0.25) is 5.91 Å². The quantitative estimate of drug-likeness (QED) is 0.791. The van der Waals surface area contributed by atoms with E-state index in [4.69, 9.17) is 0 Å². The van der Waals surface area contributed by atoms with Crippen molar-refractivity contribution >= 4 is 11.7 Å². The highest BCUT2D eigenvalue weighted by molar-refractivity contribution is 5.92. The van der Waals surface area contributed by atoms with Crippen LogP contribution in [0.2, 0.25) is 0 Å². The summed E-state index contributed by atoms with van der Waals surface area (Å²) >= 11 is 0. The standard InChI is InChI=1S/C20H23N5O/c1-13-4-8-17(9-5-13)25-14(2)10-19(23-25)22-20(26)15-6-7-16-12-21-24(3)18(16)11-15/h4-5,8-10,12,15H,6-7,11H2,1-3H3,(H,22,23,26). The molecule has 2 heterocycles. The van der Waals surface area contributed by atoms with Crippen LogP contribution in [0.15, 0.2) is 36.5 Å². The normalized spacial score (nSPS) is 16.3. The smallest absolute Gasteiger partial charge is 0.229 e. The molecule has 1 aliphatic carbocycles. The van der Waals surface area contributed by atoms with Crippen LogP contribution in [0.25, 0.3) is 5.69 Å². The first-order valence-corrected chi connectivity index (χ1v) is 8.95. The summed E-state index contributed by atoms with van der Waals surface area (Å²) in [4.78, 5) is 12.7. The molecule has 0 radical (unpaired) electrons. The van der Waals surface area contributed by atoms with E-state index >= 15 is 0 Å². The Labute approximate surface area is 152 Å². The van der Waals surface area contributed by atoms with Crippen molar-refractivity contribution in [3.63, 3.8) is 0 Å². The number of amides is 1. The molecule has 1 atom stereocenters. The number of fused-ring (bicyclic) bond motifs is 1. The lowest BCUT2D eigenvalue weighted by Gasteiger charge is -2.21. The molecule has 1 N–H and O–H groups in total. The molecule has 0 bridgehead atoms. The van der Waals surface area contributed by atoms with Crippen molar-refractivity contribution in [2.24, 2.45) is 13.0 Å². The van der Waals surface area contributed by atoms with E-state index in [1.165, 1.54) is 11.1 Å². The second kappa shape index (κ2) is 6.44. The van der Waals surface area contributed by atoms with Gasteiger partial charge in [-0.25, -0.2) is 4.68 Å². The fraction of sp³-hybridized carbons (Fsp3) is 0.350. The van der Waals surface area contributed by atoms with Gasteiger partial charge in [-0.15, -0.1) is 5.10 Å². The summed E-state index contributed by atoms with van der Waals surface area (Å²) in [5.41, 5.74) is 5.61. The fourth-order valence-corrected chi connectivity index (χ4v) is 3.58. The zero-order chi connectivity index (χ0) is 18.3. The number of hydrogen-bond donors (Lipinski definition) is 1. The van der Waals surface area contributed by atoms with Crippen LogP contribution in [-0.4, -0.2) is 25.5 Å². The zero-order valence-corrected chi connectivity index (χ0v) is 15.4. The molecule has 0 saturated heterocycles. The van der Waals surface area contributed by atoms with E-state index in [-0.39, 0.29) is 11.8 Å². The van der Waals surface area contributed by atoms with E-state index in [1.54, 1.807) is 0 Å². The minimum absolute atomic E-state index is 0.0328. The largest absolute Gasteiger partial charge is 0.309 e. The van der Waals surface area contributed by atoms with Crippen molar-refractivity contribution in [3.8, 4) is 5.69 Å². The second-order valence-corrected chi connectivity index (χ2v) is 7.09. The van der Waals surface area contributed by atoms with Gasteiger partial charge in [-0.05, 0) is 44.4 Å². The van der Waals surface area contributed by atoms with E-state index in [1.807, 2.05) is 47.7 Å². The Morgan fingerprint density at radius 3 is 2.77 bits per heavy atom. The molecule has 3 aromatic rings. The maximum Gasteiger partial charge on any atom is 0.229 e. The van der Waals surface area contributed by atoms with Gasteiger partial charge in [0.15, 0.2) is 5.82 Å². The van der Waals surface area contributed by atoms with E-state index in [0.29, 0.717) is 5.82 Å². The maximum absolute atomic E-state index is 12.7. The van der Waals surface area contributed by atoms with E-state index < -0.39 is 0 Å². The predicted molar refractivity (Wildman–Crippen MR) is 100 cm³/mol. The molecule has 6 heteroatoms. The Balaban J connectivity index is 1.49. The average molecular weight is 349 g/mol. The van der Waals surface area contributed by atoms with Crippen LogP contribution in [0.4, 0.5) is 5.82 Å². The van der Waals surface area contributed by atoms with Crippen molar-refractivity contribution in [2.75, 3.05) is 5.32 Å². The number of aryl methyl sites for hydroxylation is 4. The van der Waals surface area contributed by atoms with Crippen LogP contribution in [-0.2, 0) is 24.7 Å². The topological polar surface area (TPSA) is 64.7 Å². The highest BCUT2D eigenvalue weighted by Gasteiger charge is 2.27. The summed E-state index contributed by atoms with van der Waals surface area (Å²) in [5, 5.41) is 11.9. The first kappa shape index (κ1) is 16.6. The van der Waals surface area contributed by atoms with Crippen LogP contribution in [0.3, 0.4) is 0 Å². The van der Waals surface area contributed by atoms with Crippen LogP contribution in [0.1, 0.15) is 28.9 Å². The lowest BCUT2D eigenvalue weighted by atomic mass is 9.87. The zero-order valence-electron chi connectivity index (χ0n) is 15.4. The number of nitrogens with one attached hydrogen (secondary N) is 1. The lowest BCUT2D eigenvalue weighted by molar-refractivity contribution is -0.120. The summed E-state index contributed by atoms with van der Waals surface area (Å²) in [6.07, 6.45) is 4.39. The van der Waals surface area contributed by atoms with Crippen molar-refractivity contribution in [1.29, 1.82) is 0 Å². The summed E-state index contributed by atoms with van der Waals surface area (Å²) in [6.45, 7) is 4.05. The van der Waals surface area contributed by atoms with Gasteiger partial charge < -0.3 is 5.32 Å². The summed E-state index contributed by atoms with van der Waals surface area (Å²) in [5.74, 6) is 0.594. The van der Waals surface area contributed by atoms with Gasteiger partial charge in [-0.3, -0.25) is 9.48 Å². The number of aromatic nitrogens is 4. The number of carbonyl (C=O) groups is 1. The molecule has 1 unspecified atom stereocenters. The first-order chi connectivity index (χ1) is 12.5. The molecule has 4 rings (SSSR count). The van der Waals surface area contributed by atoms with Gasteiger partial charge in [0.05, 0.1) is 11.9 Å².